The van der Waals surface area contributed by atoms with E-state index in [1.165, 1.54) is 0 Å². The van der Waals surface area contributed by atoms with Gasteiger partial charge in [-0.15, -0.1) is 0 Å². The lowest BCUT2D eigenvalue weighted by Crippen LogP contribution is -2.31. The minimum atomic E-state index is -0.581. The number of carbonyl (C=O) groups excluding carboxylic acids is 1. The second-order valence-corrected chi connectivity index (χ2v) is 6.44. The van der Waals surface area contributed by atoms with Crippen LogP contribution >= 0.6 is 0 Å². The summed E-state index contributed by atoms with van der Waals surface area (Å²) in [5.74, 6) is -0.331. The van der Waals surface area contributed by atoms with E-state index in [2.05, 4.69) is 10.4 Å². The highest BCUT2D eigenvalue weighted by Gasteiger charge is 2.19. The molecule has 0 saturated heterocycles. The average molecular weight is 379 g/mol. The zero-order valence-electron chi connectivity index (χ0n) is 15.8. The number of aromatic nitrogens is 2. The van der Waals surface area contributed by atoms with Crippen LogP contribution in [0.2, 0.25) is 0 Å². The van der Waals surface area contributed by atoms with Gasteiger partial charge in [-0.25, -0.2) is 0 Å². The topological polar surface area (TPSA) is 93.5 Å². The Morgan fingerprint density at radius 3 is 2.54 bits per heavy atom. The summed E-state index contributed by atoms with van der Waals surface area (Å²) in [7, 11) is 1.58. The number of nitrogens with one attached hydrogen (secondary N) is 1. The first-order chi connectivity index (χ1) is 13.4. The van der Waals surface area contributed by atoms with Crippen molar-refractivity contribution in [3.63, 3.8) is 0 Å². The van der Waals surface area contributed by atoms with Gasteiger partial charge in [0.25, 0.3) is 11.5 Å². The lowest BCUT2D eigenvalue weighted by atomic mass is 10.1. The van der Waals surface area contributed by atoms with Crippen molar-refractivity contribution in [2.75, 3.05) is 7.11 Å². The van der Waals surface area contributed by atoms with Gasteiger partial charge >= 0.3 is 0 Å². The first kappa shape index (κ1) is 19.2. The normalized spacial score (nSPS) is 11.7. The fourth-order valence-electron chi connectivity index (χ4n) is 2.79. The second-order valence-electron chi connectivity index (χ2n) is 6.44. The first-order valence-electron chi connectivity index (χ1n) is 8.74. The number of nitrogens with zero attached hydrogens (tertiary/aromatic N) is 2. The molecular weight excluding hydrogens is 358 g/mol. The highest BCUT2D eigenvalue weighted by molar-refractivity contribution is 5.94. The molecule has 1 atom stereocenters. The summed E-state index contributed by atoms with van der Waals surface area (Å²) in [6, 6.07) is 15.1. The molecule has 7 heteroatoms. The number of hydrogen-bond acceptors (Lipinski definition) is 5. The van der Waals surface area contributed by atoms with E-state index < -0.39 is 17.2 Å². The van der Waals surface area contributed by atoms with E-state index in [1.54, 1.807) is 37.4 Å². The van der Waals surface area contributed by atoms with E-state index in [0.717, 1.165) is 21.9 Å². The number of aryl methyl sites for hydroxylation is 1. The molecule has 1 heterocycles. The van der Waals surface area contributed by atoms with Crippen LogP contribution in [0.3, 0.4) is 0 Å². The zero-order chi connectivity index (χ0) is 20.3. The van der Waals surface area contributed by atoms with Gasteiger partial charge in [0, 0.05) is 6.07 Å². The Morgan fingerprint density at radius 2 is 1.89 bits per heavy atom. The molecule has 2 aromatic carbocycles. The Balaban J connectivity index is 1.88. The van der Waals surface area contributed by atoms with Gasteiger partial charge in [-0.1, -0.05) is 24.3 Å². The third-order valence-electron chi connectivity index (χ3n) is 4.34. The summed E-state index contributed by atoms with van der Waals surface area (Å²) in [5, 5.41) is 16.9. The lowest BCUT2D eigenvalue weighted by molar-refractivity contribution is 0.0930. The van der Waals surface area contributed by atoms with Gasteiger partial charge in [0.05, 0.1) is 18.8 Å². The highest BCUT2D eigenvalue weighted by Crippen LogP contribution is 2.19. The summed E-state index contributed by atoms with van der Waals surface area (Å²) < 4.78 is 6.22. The number of ether oxygens (including phenoxy) is 1. The highest BCUT2D eigenvalue weighted by atomic mass is 16.5. The van der Waals surface area contributed by atoms with Crippen LogP contribution in [-0.4, -0.2) is 27.9 Å². The van der Waals surface area contributed by atoms with Crippen molar-refractivity contribution < 1.29 is 14.6 Å². The molecule has 28 heavy (non-hydrogen) atoms. The minimum absolute atomic E-state index is 0.221. The maximum absolute atomic E-state index is 12.7. The van der Waals surface area contributed by atoms with E-state index in [0.29, 0.717) is 11.4 Å². The fraction of sp³-hybridized carbons (Fsp3) is 0.190. The monoisotopic (exact) mass is 379 g/mol. The smallest absolute Gasteiger partial charge is 0.276 e. The van der Waals surface area contributed by atoms with Crippen molar-refractivity contribution in [1.82, 2.24) is 15.1 Å². The Bertz CT molecular complexity index is 1060. The Kier molecular flexibility index (Phi) is 5.44. The average Bonchev–Trinajstić information content (AvgIpc) is 2.68. The van der Waals surface area contributed by atoms with Gasteiger partial charge in [0.2, 0.25) is 0 Å². The summed E-state index contributed by atoms with van der Waals surface area (Å²) >= 11 is 0. The molecule has 1 amide bonds. The predicted octanol–water partition coefficient (Wildman–Crippen LogP) is 2.75. The standard InChI is InChI=1S/C21H21N3O4/c1-13-5-4-6-16(11-13)24-19(26)12-18(25)20(23-24)21(27)22-14(2)15-7-9-17(28-3)10-8-15/h4-12,14,25H,1-3H3,(H,22,27). The van der Waals surface area contributed by atoms with Crippen molar-refractivity contribution in [3.8, 4) is 17.2 Å². The van der Waals surface area contributed by atoms with Gasteiger partial charge in [0.1, 0.15) is 5.75 Å². The molecule has 0 aliphatic rings. The largest absolute Gasteiger partial charge is 0.505 e. The molecule has 3 aromatic rings. The van der Waals surface area contributed by atoms with E-state index in [4.69, 9.17) is 4.74 Å². The molecule has 1 aromatic heterocycles. The van der Waals surface area contributed by atoms with Crippen LogP contribution in [0.25, 0.3) is 5.69 Å². The van der Waals surface area contributed by atoms with Gasteiger partial charge in [0.15, 0.2) is 11.4 Å². The molecule has 1 unspecified atom stereocenters. The molecule has 0 aliphatic heterocycles. The molecule has 0 fully saturated rings. The molecule has 0 bridgehead atoms. The van der Waals surface area contributed by atoms with Crippen molar-refractivity contribution >= 4 is 5.91 Å². The quantitative estimate of drug-likeness (QED) is 0.711. The maximum Gasteiger partial charge on any atom is 0.276 e. The maximum atomic E-state index is 12.7. The van der Waals surface area contributed by atoms with E-state index in [1.807, 2.05) is 32.0 Å². The Hall–Kier alpha value is -3.61. The van der Waals surface area contributed by atoms with Crippen LogP contribution < -0.4 is 15.6 Å². The van der Waals surface area contributed by atoms with Crippen LogP contribution in [-0.2, 0) is 0 Å². The predicted molar refractivity (Wildman–Crippen MR) is 105 cm³/mol. The third kappa shape index (κ3) is 4.03. The van der Waals surface area contributed by atoms with Crippen molar-refractivity contribution in [2.45, 2.75) is 19.9 Å². The molecule has 7 nitrogen and oxygen atoms in total. The number of methoxy groups -OCH3 is 1. The van der Waals surface area contributed by atoms with E-state index >= 15 is 0 Å². The molecule has 2 N–H and O–H groups in total. The van der Waals surface area contributed by atoms with Crippen LogP contribution in [0.4, 0.5) is 0 Å². The number of benzene rings is 2. The van der Waals surface area contributed by atoms with Gasteiger partial charge in [-0.05, 0) is 49.2 Å². The van der Waals surface area contributed by atoms with Gasteiger partial charge in [-0.3, -0.25) is 9.59 Å². The molecule has 0 spiro atoms. The fourth-order valence-corrected chi connectivity index (χ4v) is 2.79. The number of amides is 1. The van der Waals surface area contributed by atoms with Crippen molar-refractivity contribution in [3.05, 3.63) is 81.8 Å². The number of rotatable bonds is 5. The molecule has 0 radical (unpaired) electrons. The summed E-state index contributed by atoms with van der Waals surface area (Å²) in [5.41, 5.74) is 1.57. The lowest BCUT2D eigenvalue weighted by Gasteiger charge is -2.15. The molecule has 0 aliphatic carbocycles. The van der Waals surface area contributed by atoms with Crippen LogP contribution in [0.5, 0.6) is 11.5 Å². The van der Waals surface area contributed by atoms with E-state index in [9.17, 15) is 14.7 Å². The second kappa shape index (κ2) is 7.96. The number of hydrogen-bond donors (Lipinski definition) is 2. The third-order valence-corrected chi connectivity index (χ3v) is 4.34. The van der Waals surface area contributed by atoms with Crippen molar-refractivity contribution in [2.24, 2.45) is 0 Å². The van der Waals surface area contributed by atoms with Crippen LogP contribution in [0.1, 0.15) is 34.6 Å². The molecule has 0 saturated carbocycles. The summed E-state index contributed by atoms with van der Waals surface area (Å²) in [6.07, 6.45) is 0. The van der Waals surface area contributed by atoms with Crippen molar-refractivity contribution in [1.29, 1.82) is 0 Å². The summed E-state index contributed by atoms with van der Waals surface area (Å²) in [4.78, 5) is 24.9. The zero-order valence-corrected chi connectivity index (χ0v) is 15.8. The minimum Gasteiger partial charge on any atom is -0.505 e. The molecular formula is C21H21N3O4. The number of aromatic hydroxyl groups is 1. The van der Waals surface area contributed by atoms with Gasteiger partial charge in [-0.2, -0.15) is 9.78 Å². The van der Waals surface area contributed by atoms with Crippen LogP contribution in [0.15, 0.2) is 59.4 Å². The van der Waals surface area contributed by atoms with Gasteiger partial charge < -0.3 is 15.2 Å². The number of carbonyl (C=O) groups is 1. The Labute approximate surface area is 162 Å². The first-order valence-corrected chi connectivity index (χ1v) is 8.74. The van der Waals surface area contributed by atoms with E-state index in [-0.39, 0.29) is 11.7 Å². The van der Waals surface area contributed by atoms with Crippen LogP contribution in [0, 0.1) is 6.92 Å². The molecule has 3 rings (SSSR count). The SMILES string of the molecule is COc1ccc(C(C)NC(=O)c2nn(-c3cccc(C)c3)c(=O)cc2O)cc1. The Morgan fingerprint density at radius 1 is 1.18 bits per heavy atom. The summed E-state index contributed by atoms with van der Waals surface area (Å²) in [6.45, 7) is 3.70. The molecule has 144 valence electrons.